The highest BCUT2D eigenvalue weighted by Crippen LogP contribution is 2.36. The van der Waals surface area contributed by atoms with Crippen LogP contribution in [-0.2, 0) is 13.1 Å². The van der Waals surface area contributed by atoms with E-state index in [-0.39, 0.29) is 23.3 Å². The third-order valence-corrected chi connectivity index (χ3v) is 21.2. The van der Waals surface area contributed by atoms with E-state index in [2.05, 4.69) is 145 Å². The van der Waals surface area contributed by atoms with Gasteiger partial charge in [0, 0.05) is 178 Å². The summed E-state index contributed by atoms with van der Waals surface area (Å²) in [6.45, 7) is 20.4. The number of hydrogen-bond donors (Lipinski definition) is 6. The van der Waals surface area contributed by atoms with Crippen LogP contribution in [0.3, 0.4) is 0 Å². The average molecular weight is 1410 g/mol. The molecule has 0 bridgehead atoms. The lowest BCUT2D eigenvalue weighted by Crippen LogP contribution is -2.49. The minimum absolute atomic E-state index is 0.0106. The Morgan fingerprint density at radius 3 is 1.58 bits per heavy atom. The predicted octanol–water partition coefficient (Wildman–Crippen LogP) is 14.5. The van der Waals surface area contributed by atoms with Crippen LogP contribution in [0, 0.1) is 19.8 Å². The average Bonchev–Trinajstić information content (AvgIpc) is 1.56. The maximum atomic E-state index is 13.3. The number of aromatic amines is 1. The van der Waals surface area contributed by atoms with Crippen LogP contribution in [0.2, 0.25) is 0 Å². The number of fused-ring (bicyclic) bond motifs is 5. The van der Waals surface area contributed by atoms with Gasteiger partial charge in [-0.1, -0.05) is 31.2 Å². The van der Waals surface area contributed by atoms with Crippen molar-refractivity contribution in [1.29, 1.82) is 0 Å². The fraction of sp³-hybridized carbons (Fsp3) is 0.262. The van der Waals surface area contributed by atoms with Crippen molar-refractivity contribution in [3.63, 3.8) is 0 Å². The summed E-state index contributed by atoms with van der Waals surface area (Å²) in [5.74, 6) is 1.53. The topological polar surface area (TPSA) is 235 Å². The number of hydrogen-bond acceptors (Lipinski definition) is 15. The Kier molecular flexibility index (Phi) is 19.0. The number of carbonyl (C=O) groups is 3. The Morgan fingerprint density at radius 1 is 0.547 bits per heavy atom. The zero-order valence-corrected chi connectivity index (χ0v) is 60.1. The fourth-order valence-electron chi connectivity index (χ4n) is 15.6. The molecule has 1 atom stereocenters. The van der Waals surface area contributed by atoms with Crippen molar-refractivity contribution in [2.24, 2.45) is 5.92 Å². The van der Waals surface area contributed by atoms with Crippen molar-refractivity contribution in [3.05, 3.63) is 251 Å². The van der Waals surface area contributed by atoms with Crippen molar-refractivity contribution in [1.82, 2.24) is 63.5 Å². The van der Waals surface area contributed by atoms with E-state index in [1.165, 1.54) is 37.2 Å². The number of amides is 3. The lowest BCUT2D eigenvalue weighted by molar-refractivity contribution is 0.0541. The van der Waals surface area contributed by atoms with Crippen molar-refractivity contribution in [2.75, 3.05) is 73.2 Å². The molecule has 13 aromatic rings. The first-order valence-corrected chi connectivity index (χ1v) is 36.7. The maximum absolute atomic E-state index is 13.3. The van der Waals surface area contributed by atoms with Gasteiger partial charge in [0.2, 0.25) is 5.56 Å². The number of imidazole rings is 3. The molecule has 3 fully saturated rings. The number of H-pyrrole nitrogens is 1. The Labute approximate surface area is 614 Å². The number of aryl methyl sites for hydroxylation is 2. The van der Waals surface area contributed by atoms with E-state index >= 15 is 0 Å². The van der Waals surface area contributed by atoms with E-state index in [4.69, 9.17) is 4.42 Å². The molecule has 18 rings (SSSR count). The van der Waals surface area contributed by atoms with Crippen LogP contribution in [0.1, 0.15) is 100 Å². The predicted molar refractivity (Wildman–Crippen MR) is 417 cm³/mol. The number of oxazole rings is 1. The summed E-state index contributed by atoms with van der Waals surface area (Å²) in [6, 6.07) is 51.2. The van der Waals surface area contributed by atoms with E-state index < -0.39 is 0 Å². The summed E-state index contributed by atoms with van der Waals surface area (Å²) >= 11 is 0. The van der Waals surface area contributed by atoms with Crippen LogP contribution in [-0.4, -0.2) is 135 Å². The number of rotatable bonds is 14. The van der Waals surface area contributed by atoms with Gasteiger partial charge >= 0.3 is 0 Å². The molecule has 536 valence electrons. The normalized spacial score (nSPS) is 16.1. The number of nitrogens with zero attached hydrogens (tertiary/aromatic N) is 11. The highest BCUT2D eigenvalue weighted by Gasteiger charge is 2.31. The molecule has 13 heterocycles. The first-order valence-electron chi connectivity index (χ1n) is 36.7. The number of likely N-dealkylation sites (tertiary alicyclic amines) is 2. The zero-order valence-electron chi connectivity index (χ0n) is 60.1. The third kappa shape index (κ3) is 14.2. The summed E-state index contributed by atoms with van der Waals surface area (Å²) in [5.41, 5.74) is 22.4. The van der Waals surface area contributed by atoms with Gasteiger partial charge in [-0.05, 0) is 208 Å². The molecule has 3 saturated heterocycles. The maximum Gasteiger partial charge on any atom is 0.253 e. The summed E-state index contributed by atoms with van der Waals surface area (Å²) in [4.78, 5) is 79.3. The van der Waals surface area contributed by atoms with E-state index in [0.717, 1.165) is 182 Å². The first-order chi connectivity index (χ1) is 51.7. The number of pyridine rings is 4. The second kappa shape index (κ2) is 29.5. The summed E-state index contributed by atoms with van der Waals surface area (Å²) < 4.78 is 11.4. The van der Waals surface area contributed by atoms with Gasteiger partial charge in [0.1, 0.15) is 12.0 Å². The molecule has 22 nitrogen and oxygen atoms in total. The molecule has 0 saturated carbocycles. The minimum Gasteiger partial charge on any atom is -0.449 e. The van der Waals surface area contributed by atoms with E-state index in [9.17, 15) is 19.2 Å². The van der Waals surface area contributed by atoms with Gasteiger partial charge in [-0.25, -0.2) is 19.9 Å². The molecular weight excluding hydrogens is 1330 g/mol. The van der Waals surface area contributed by atoms with E-state index in [0.29, 0.717) is 31.1 Å². The lowest BCUT2D eigenvalue weighted by atomic mass is 9.95. The van der Waals surface area contributed by atoms with Crippen molar-refractivity contribution < 1.29 is 18.8 Å². The molecule has 0 aliphatic carbocycles. The second-order valence-corrected chi connectivity index (χ2v) is 28.5. The van der Waals surface area contributed by atoms with E-state index in [1.807, 2.05) is 138 Å². The van der Waals surface area contributed by atoms with Gasteiger partial charge in [-0.15, -0.1) is 0 Å². The summed E-state index contributed by atoms with van der Waals surface area (Å²) in [6.07, 6.45) is 19.3. The number of carbonyl (C=O) groups excluding carboxylic acids is 3. The van der Waals surface area contributed by atoms with Gasteiger partial charge < -0.3 is 45.8 Å². The number of piperidine rings is 2. The Balaban J connectivity index is 0.000000123. The van der Waals surface area contributed by atoms with Crippen LogP contribution < -0.4 is 37.0 Å². The number of anilines is 7. The number of nitrogens with one attached hydrogen (secondary N) is 6. The molecule has 0 radical (unpaired) electrons. The van der Waals surface area contributed by atoms with Gasteiger partial charge in [-0.2, -0.15) is 0 Å². The molecule has 3 amide bonds. The quantitative estimate of drug-likeness (QED) is 0.0594. The Bertz CT molecular complexity index is 5480. The Morgan fingerprint density at radius 2 is 1.07 bits per heavy atom. The molecule has 5 aromatic carbocycles. The third-order valence-electron chi connectivity index (χ3n) is 21.2. The lowest BCUT2D eigenvalue weighted by Gasteiger charge is -2.41. The smallest absolute Gasteiger partial charge is 0.253 e. The van der Waals surface area contributed by atoms with E-state index in [1.54, 1.807) is 37.1 Å². The van der Waals surface area contributed by atoms with Crippen LogP contribution in [0.4, 0.5) is 39.8 Å². The van der Waals surface area contributed by atoms with Crippen LogP contribution in [0.25, 0.3) is 62.0 Å². The monoisotopic (exact) mass is 1410 g/mol. The van der Waals surface area contributed by atoms with Crippen molar-refractivity contribution >= 4 is 74.5 Å². The molecule has 106 heavy (non-hydrogen) atoms. The SMILES string of the molecule is CC1CCCN(C2CCN(C(=O)c3ccc(Nc4ccc(-c5ccc6c(c5)CNC6=O)n5ccnc45)cc3)CC2)C1.Cc1cc(Nc2ccc(-c3cc[nH]c(=O)c3)n3ccnc23)ccc1N1CCN(C(C)C)CC1.Cc1nc(-c2ccc(Nc3ccc(-c4ccc5c(c4)CNC5=O)n4ccnc34)cc2)co1. The number of piperazine rings is 1. The molecule has 8 aromatic heterocycles. The fourth-order valence-corrected chi connectivity index (χ4v) is 15.6. The largest absolute Gasteiger partial charge is 0.449 e. The zero-order chi connectivity index (χ0) is 72.5. The Hall–Kier alpha value is -12.1. The second-order valence-electron chi connectivity index (χ2n) is 28.5. The van der Waals surface area contributed by atoms with Crippen LogP contribution in [0.5, 0.6) is 0 Å². The van der Waals surface area contributed by atoms with Gasteiger partial charge in [-0.3, -0.25) is 42.2 Å². The molecule has 6 N–H and O–H groups in total. The van der Waals surface area contributed by atoms with Crippen molar-refractivity contribution in [2.45, 2.75) is 85.5 Å². The van der Waals surface area contributed by atoms with Gasteiger partial charge in [0.15, 0.2) is 22.8 Å². The molecule has 0 spiro atoms. The van der Waals surface area contributed by atoms with Gasteiger partial charge in [0.25, 0.3) is 17.7 Å². The molecule has 1 unspecified atom stereocenters. The van der Waals surface area contributed by atoms with Crippen molar-refractivity contribution in [3.8, 4) is 45.0 Å². The summed E-state index contributed by atoms with van der Waals surface area (Å²) in [7, 11) is 0. The standard InChI is InChI=1S/C33H36N6O2.C26H30N6O.C25H19N5O2/c1-22-3-2-15-38(21-22)27-12-16-37(17-13-27)33(41)23-4-7-26(8-5-23)36-29-10-11-30(39-18-14-34-31(29)39)24-6-9-28-25(19-24)20-35-32(28)40;1-18(2)30-12-14-31(15-13-30)23-6-4-21(16-19(23)3)29-22-5-7-24(32-11-10-28-26(22)32)20-8-9-27-25(33)17-20;1-15-28-22(14-32-15)16-2-5-19(6-3-16)29-21-8-9-23(30-11-10-26-24(21)30)17-4-7-20-18(12-17)13-27-25(20)31/h4-11,14,18-19,22,27,36H,2-3,12-13,15-17,20-21H2,1H3,(H,35,40);4-11,16-18,29H,12-15H2,1-3H3,(H,27,33);2-12,14,29H,13H2,1H3,(H,27,31). The van der Waals surface area contributed by atoms with Crippen LogP contribution >= 0.6 is 0 Å². The highest BCUT2D eigenvalue weighted by atomic mass is 16.3. The minimum atomic E-state index is -0.121. The number of benzene rings is 5. The molecule has 5 aliphatic heterocycles. The highest BCUT2D eigenvalue weighted by molar-refractivity contribution is 6.00. The molecule has 5 aliphatic rings. The molecular formula is C84H85N17O5. The number of aromatic nitrogens is 8. The first kappa shape index (κ1) is 68.3. The van der Waals surface area contributed by atoms with Crippen LogP contribution in [0.15, 0.2) is 211 Å². The summed E-state index contributed by atoms with van der Waals surface area (Å²) in [5, 5.41) is 16.2. The molecule has 22 heteroatoms. The van der Waals surface area contributed by atoms with Gasteiger partial charge in [0.05, 0.1) is 34.1 Å².